The minimum absolute atomic E-state index is 0.119. The zero-order valence-corrected chi connectivity index (χ0v) is 45.2. The van der Waals surface area contributed by atoms with Gasteiger partial charge in [-0.1, -0.05) is 251 Å². The molecule has 0 saturated carbocycles. The first kappa shape index (κ1) is 65.8. The summed E-state index contributed by atoms with van der Waals surface area (Å²) >= 11 is 0. The minimum atomic E-state index is -0.833. The highest BCUT2D eigenvalue weighted by molar-refractivity contribution is 5.71. The first-order valence-corrected chi connectivity index (χ1v) is 28.5. The molecule has 6 nitrogen and oxygen atoms in total. The summed E-state index contributed by atoms with van der Waals surface area (Å²) in [5, 5.41) is 0. The van der Waals surface area contributed by atoms with Crippen LogP contribution in [0.5, 0.6) is 0 Å². The monoisotopic (exact) mass is 969 g/mol. The van der Waals surface area contributed by atoms with Gasteiger partial charge in [-0.05, 0) is 96.3 Å². The summed E-state index contributed by atoms with van der Waals surface area (Å²) in [7, 11) is 0. The highest BCUT2D eigenvalue weighted by Gasteiger charge is 2.19. The second kappa shape index (κ2) is 57.4. The Balaban J connectivity index is 4.55. The maximum atomic E-state index is 12.8. The third-order valence-corrected chi connectivity index (χ3v) is 11.7. The molecule has 0 aromatic carbocycles. The molecule has 70 heavy (non-hydrogen) atoms. The number of rotatable bonds is 50. The van der Waals surface area contributed by atoms with Crippen LogP contribution in [0.1, 0.15) is 245 Å². The lowest BCUT2D eigenvalue weighted by Gasteiger charge is -2.18. The van der Waals surface area contributed by atoms with Gasteiger partial charge in [-0.2, -0.15) is 0 Å². The molecule has 0 N–H and O–H groups in total. The number of carbonyl (C=O) groups is 3. The van der Waals surface area contributed by atoms with Crippen molar-refractivity contribution in [2.24, 2.45) is 0 Å². The number of allylic oxidation sites excluding steroid dienone is 20. The quantitative estimate of drug-likeness (QED) is 0.0262. The second-order valence-electron chi connectivity index (χ2n) is 18.4. The van der Waals surface area contributed by atoms with Crippen molar-refractivity contribution in [3.05, 3.63) is 122 Å². The van der Waals surface area contributed by atoms with Gasteiger partial charge in [0.2, 0.25) is 0 Å². The van der Waals surface area contributed by atoms with Crippen LogP contribution in [0, 0.1) is 0 Å². The fraction of sp³-hybridized carbons (Fsp3) is 0.641. The van der Waals surface area contributed by atoms with E-state index in [1.807, 2.05) is 0 Å². The molecule has 0 spiro atoms. The minimum Gasteiger partial charge on any atom is -0.462 e. The molecule has 0 aliphatic heterocycles. The van der Waals surface area contributed by atoms with Crippen LogP contribution in [0.25, 0.3) is 0 Å². The predicted octanol–water partition coefficient (Wildman–Crippen LogP) is 19.3. The molecule has 0 aromatic rings. The van der Waals surface area contributed by atoms with Crippen molar-refractivity contribution in [2.75, 3.05) is 13.2 Å². The lowest BCUT2D eigenvalue weighted by atomic mass is 10.0. The molecule has 0 radical (unpaired) electrons. The molecular weight excluding hydrogens is 865 g/mol. The standard InChI is InChI=1S/C64H104O6/c1-4-7-10-13-16-19-22-25-28-31-34-36-39-42-45-48-51-54-57-63(66)69-60-61(70-64(67)58-55-52-49-46-43-40-37-33-30-27-24-21-18-15-12-9-6-3)59-68-62(65)56-53-50-47-44-41-38-35-32-29-26-23-20-17-14-11-8-5-2/h8-9,11-12,17-18,20-21,26-27,29-30,35,37-38,40,44,46-47,49,61H,4-7,10,13-16,19,22-25,28,31-34,36,39,41-43,45,48,50-60H2,1-3H3/b11-8-,12-9-,20-17-,21-18-,29-26-,30-27-,38-35-,40-37-,47-44-,49-46-/t61-/m1/s1. The van der Waals surface area contributed by atoms with E-state index in [0.717, 1.165) is 96.3 Å². The zero-order valence-electron chi connectivity index (χ0n) is 45.2. The molecule has 0 fully saturated rings. The van der Waals surface area contributed by atoms with Crippen LogP contribution in [-0.2, 0) is 28.6 Å². The Morgan fingerprint density at radius 2 is 0.557 bits per heavy atom. The van der Waals surface area contributed by atoms with E-state index in [2.05, 4.69) is 142 Å². The van der Waals surface area contributed by atoms with Crippen molar-refractivity contribution >= 4 is 17.9 Å². The van der Waals surface area contributed by atoms with Crippen molar-refractivity contribution < 1.29 is 28.6 Å². The van der Waals surface area contributed by atoms with Crippen LogP contribution in [0.4, 0.5) is 0 Å². The van der Waals surface area contributed by atoms with E-state index < -0.39 is 6.10 Å². The van der Waals surface area contributed by atoms with E-state index >= 15 is 0 Å². The molecule has 0 aliphatic rings. The Morgan fingerprint density at radius 3 is 0.871 bits per heavy atom. The average molecular weight is 970 g/mol. The number of hydrogen-bond acceptors (Lipinski definition) is 6. The molecule has 0 bridgehead atoms. The Hall–Kier alpha value is -4.19. The topological polar surface area (TPSA) is 78.9 Å². The van der Waals surface area contributed by atoms with E-state index in [0.29, 0.717) is 19.3 Å². The Bertz CT molecular complexity index is 1490. The second-order valence-corrected chi connectivity index (χ2v) is 18.4. The first-order valence-electron chi connectivity index (χ1n) is 28.5. The largest absolute Gasteiger partial charge is 0.462 e. The van der Waals surface area contributed by atoms with Crippen molar-refractivity contribution in [1.82, 2.24) is 0 Å². The number of carbonyl (C=O) groups excluding carboxylic acids is 3. The summed E-state index contributed by atoms with van der Waals surface area (Å²) < 4.78 is 16.8. The van der Waals surface area contributed by atoms with Gasteiger partial charge in [-0.3, -0.25) is 14.4 Å². The smallest absolute Gasteiger partial charge is 0.306 e. The Labute approximate surface area is 431 Å². The van der Waals surface area contributed by atoms with Gasteiger partial charge in [0.15, 0.2) is 6.10 Å². The fourth-order valence-corrected chi connectivity index (χ4v) is 7.51. The van der Waals surface area contributed by atoms with Crippen LogP contribution in [0.15, 0.2) is 122 Å². The van der Waals surface area contributed by atoms with E-state index in [1.165, 1.54) is 96.3 Å². The van der Waals surface area contributed by atoms with Gasteiger partial charge >= 0.3 is 17.9 Å². The summed E-state index contributed by atoms with van der Waals surface area (Å²) in [5.41, 5.74) is 0. The first-order chi connectivity index (χ1) is 34.5. The molecule has 396 valence electrons. The van der Waals surface area contributed by atoms with Gasteiger partial charge in [0, 0.05) is 19.3 Å². The Kier molecular flexibility index (Phi) is 54.0. The van der Waals surface area contributed by atoms with E-state index in [4.69, 9.17) is 14.2 Å². The maximum absolute atomic E-state index is 12.8. The molecule has 0 aromatic heterocycles. The van der Waals surface area contributed by atoms with Gasteiger partial charge < -0.3 is 14.2 Å². The maximum Gasteiger partial charge on any atom is 0.306 e. The normalized spacial score (nSPS) is 13.0. The van der Waals surface area contributed by atoms with E-state index in [9.17, 15) is 14.4 Å². The summed E-state index contributed by atoms with van der Waals surface area (Å²) in [6.45, 7) is 6.32. The van der Waals surface area contributed by atoms with Gasteiger partial charge in [0.1, 0.15) is 13.2 Å². The predicted molar refractivity (Wildman–Crippen MR) is 302 cm³/mol. The fourth-order valence-electron chi connectivity index (χ4n) is 7.51. The van der Waals surface area contributed by atoms with Crippen LogP contribution in [-0.4, -0.2) is 37.2 Å². The average Bonchev–Trinajstić information content (AvgIpc) is 3.36. The number of esters is 3. The van der Waals surface area contributed by atoms with Crippen LogP contribution < -0.4 is 0 Å². The lowest BCUT2D eigenvalue weighted by Crippen LogP contribution is -2.30. The molecule has 0 saturated heterocycles. The summed E-state index contributed by atoms with van der Waals surface area (Å²) in [6.07, 6.45) is 79.2. The van der Waals surface area contributed by atoms with Gasteiger partial charge in [0.05, 0.1) is 0 Å². The molecule has 6 heteroatoms. The molecule has 1 atom stereocenters. The highest BCUT2D eigenvalue weighted by atomic mass is 16.6. The van der Waals surface area contributed by atoms with Gasteiger partial charge in [-0.25, -0.2) is 0 Å². The molecule has 0 heterocycles. The van der Waals surface area contributed by atoms with Crippen LogP contribution >= 0.6 is 0 Å². The van der Waals surface area contributed by atoms with Gasteiger partial charge in [0.25, 0.3) is 0 Å². The number of unbranched alkanes of at least 4 members (excludes halogenated alkanes) is 19. The van der Waals surface area contributed by atoms with E-state index in [-0.39, 0.29) is 44.0 Å². The van der Waals surface area contributed by atoms with Gasteiger partial charge in [-0.15, -0.1) is 0 Å². The Morgan fingerprint density at radius 1 is 0.300 bits per heavy atom. The molecule has 0 aliphatic carbocycles. The summed E-state index contributed by atoms with van der Waals surface area (Å²) in [6, 6.07) is 0. The molecule has 0 rings (SSSR count). The zero-order chi connectivity index (χ0) is 50.7. The summed E-state index contributed by atoms with van der Waals surface area (Å²) in [4.78, 5) is 38.1. The number of hydrogen-bond donors (Lipinski definition) is 0. The third kappa shape index (κ3) is 54.7. The van der Waals surface area contributed by atoms with Crippen molar-refractivity contribution in [2.45, 2.75) is 252 Å². The highest BCUT2D eigenvalue weighted by Crippen LogP contribution is 2.15. The van der Waals surface area contributed by atoms with Crippen molar-refractivity contribution in [3.63, 3.8) is 0 Å². The third-order valence-electron chi connectivity index (χ3n) is 11.7. The van der Waals surface area contributed by atoms with Crippen molar-refractivity contribution in [1.29, 1.82) is 0 Å². The lowest BCUT2D eigenvalue weighted by molar-refractivity contribution is -0.167. The molecule has 0 unspecified atom stereocenters. The van der Waals surface area contributed by atoms with Crippen LogP contribution in [0.3, 0.4) is 0 Å². The van der Waals surface area contributed by atoms with Crippen molar-refractivity contribution in [3.8, 4) is 0 Å². The summed E-state index contributed by atoms with van der Waals surface area (Å²) in [5.74, 6) is -1.04. The number of ether oxygens (including phenoxy) is 3. The van der Waals surface area contributed by atoms with Crippen LogP contribution in [0.2, 0.25) is 0 Å². The van der Waals surface area contributed by atoms with E-state index in [1.54, 1.807) is 0 Å². The molecule has 0 amide bonds. The SMILES string of the molecule is CC/C=C\C/C=C\C/C=C\C/C=C\C/C=C\CCCC(=O)OC[C@H](COC(=O)CCCCCCCCCCCCCCCCCCCC)OC(=O)CCC/C=C\C/C=C\C/C=C\C/C=C\C/C=C\CC. The molecular formula is C64H104O6.